The number of esters is 1. The molecule has 0 atom stereocenters. The minimum absolute atomic E-state index is 0.0796. The topological polar surface area (TPSA) is 82.0 Å². The second kappa shape index (κ2) is 8.20. The van der Waals surface area contributed by atoms with E-state index in [4.69, 9.17) is 8.92 Å². The zero-order chi connectivity index (χ0) is 22.0. The number of rotatable bonds is 5. The maximum Gasteiger partial charge on any atom is 0.363 e. The normalized spacial score (nSPS) is 15.0. The molecule has 4 rings (SSSR count). The maximum atomic E-state index is 12.4. The fraction of sp³-hybridized carbons (Fsp3) is 0.0833. The molecule has 31 heavy (non-hydrogen) atoms. The van der Waals surface area contributed by atoms with Crippen molar-refractivity contribution in [3.05, 3.63) is 101 Å². The van der Waals surface area contributed by atoms with Crippen LogP contribution in [0.2, 0.25) is 0 Å². The lowest BCUT2D eigenvalue weighted by Gasteiger charge is -2.07. The second-order valence-corrected chi connectivity index (χ2v) is 8.67. The predicted molar refractivity (Wildman–Crippen MR) is 117 cm³/mol. The quantitative estimate of drug-likeness (QED) is 0.338. The standard InChI is InChI=1S/C24H19NO5S/c1-16-3-9-19(10-4-16)23-25-22(24(26)29-23)15-18-7-11-20(12-8-18)30-31(27,28)21-13-5-17(2)6-14-21/h3-15H,1-2H3. The Hall–Kier alpha value is -3.71. The first-order valence-electron chi connectivity index (χ1n) is 9.51. The van der Waals surface area contributed by atoms with Crippen molar-refractivity contribution < 1.29 is 22.1 Å². The number of hydrogen-bond acceptors (Lipinski definition) is 6. The molecule has 0 fully saturated rings. The first kappa shape index (κ1) is 20.6. The Morgan fingerprint density at radius 2 is 1.42 bits per heavy atom. The first-order valence-corrected chi connectivity index (χ1v) is 10.9. The van der Waals surface area contributed by atoms with Crippen LogP contribution in [-0.4, -0.2) is 20.3 Å². The summed E-state index contributed by atoms with van der Waals surface area (Å²) in [4.78, 5) is 16.5. The van der Waals surface area contributed by atoms with Gasteiger partial charge in [-0.1, -0.05) is 47.5 Å². The summed E-state index contributed by atoms with van der Waals surface area (Å²) in [6.45, 7) is 3.84. The second-order valence-electron chi connectivity index (χ2n) is 7.12. The molecule has 0 saturated heterocycles. The summed E-state index contributed by atoms with van der Waals surface area (Å²) in [6.07, 6.45) is 1.57. The van der Waals surface area contributed by atoms with Gasteiger partial charge in [-0.3, -0.25) is 0 Å². The van der Waals surface area contributed by atoms with Crippen LogP contribution in [0.15, 0.2) is 88.4 Å². The molecular formula is C24H19NO5S. The molecule has 0 N–H and O–H groups in total. The van der Waals surface area contributed by atoms with Gasteiger partial charge in [-0.05, 0) is 61.9 Å². The Balaban J connectivity index is 1.51. The number of carbonyl (C=O) groups is 1. The Labute approximate surface area is 180 Å². The Kier molecular flexibility index (Phi) is 5.44. The number of hydrogen-bond donors (Lipinski definition) is 0. The van der Waals surface area contributed by atoms with Crippen LogP contribution < -0.4 is 4.18 Å². The van der Waals surface area contributed by atoms with Crippen molar-refractivity contribution in [1.82, 2.24) is 0 Å². The van der Waals surface area contributed by atoms with Crippen molar-refractivity contribution in [2.24, 2.45) is 4.99 Å². The predicted octanol–water partition coefficient (Wildman–Crippen LogP) is 4.42. The van der Waals surface area contributed by atoms with Gasteiger partial charge in [-0.2, -0.15) is 8.42 Å². The molecule has 0 saturated carbocycles. The third kappa shape index (κ3) is 4.73. The lowest BCUT2D eigenvalue weighted by atomic mass is 10.1. The molecule has 0 radical (unpaired) electrons. The van der Waals surface area contributed by atoms with Crippen LogP contribution in [0.5, 0.6) is 5.75 Å². The number of carbonyl (C=O) groups excluding carboxylic acids is 1. The Morgan fingerprint density at radius 1 is 0.839 bits per heavy atom. The fourth-order valence-corrected chi connectivity index (χ4v) is 3.82. The van der Waals surface area contributed by atoms with Gasteiger partial charge in [0, 0.05) is 5.56 Å². The van der Waals surface area contributed by atoms with E-state index < -0.39 is 16.1 Å². The van der Waals surface area contributed by atoms with Crippen LogP contribution in [0.3, 0.4) is 0 Å². The van der Waals surface area contributed by atoms with Crippen molar-refractivity contribution in [1.29, 1.82) is 0 Å². The molecule has 3 aromatic rings. The maximum absolute atomic E-state index is 12.4. The fourth-order valence-electron chi connectivity index (χ4n) is 2.89. The highest BCUT2D eigenvalue weighted by molar-refractivity contribution is 7.87. The molecule has 1 aliphatic heterocycles. The van der Waals surface area contributed by atoms with Crippen LogP contribution in [-0.2, 0) is 19.6 Å². The van der Waals surface area contributed by atoms with Crippen molar-refractivity contribution in [3.8, 4) is 5.75 Å². The van der Waals surface area contributed by atoms with E-state index in [1.807, 2.05) is 38.1 Å². The van der Waals surface area contributed by atoms with E-state index in [9.17, 15) is 13.2 Å². The van der Waals surface area contributed by atoms with Gasteiger partial charge in [0.1, 0.15) is 10.6 Å². The number of aryl methyl sites for hydroxylation is 2. The molecule has 1 aliphatic rings. The van der Waals surface area contributed by atoms with E-state index >= 15 is 0 Å². The summed E-state index contributed by atoms with van der Waals surface area (Å²) in [5.41, 5.74) is 3.58. The lowest BCUT2D eigenvalue weighted by Crippen LogP contribution is -2.09. The average Bonchev–Trinajstić information content (AvgIpc) is 3.10. The molecule has 156 valence electrons. The number of ether oxygens (including phenoxy) is 1. The third-order valence-electron chi connectivity index (χ3n) is 4.62. The molecule has 0 amide bonds. The monoisotopic (exact) mass is 433 g/mol. The van der Waals surface area contributed by atoms with Gasteiger partial charge in [0.2, 0.25) is 5.90 Å². The summed E-state index contributed by atoms with van der Waals surface area (Å²) >= 11 is 0. The van der Waals surface area contributed by atoms with E-state index in [1.54, 1.807) is 30.3 Å². The Morgan fingerprint density at radius 3 is 2.03 bits per heavy atom. The minimum Gasteiger partial charge on any atom is -0.402 e. The van der Waals surface area contributed by atoms with Gasteiger partial charge < -0.3 is 8.92 Å². The SMILES string of the molecule is Cc1ccc(C2=NC(=Cc3ccc(OS(=O)(=O)c4ccc(C)cc4)cc3)C(=O)O2)cc1. The van der Waals surface area contributed by atoms with Crippen LogP contribution in [0, 0.1) is 13.8 Å². The highest BCUT2D eigenvalue weighted by atomic mass is 32.2. The summed E-state index contributed by atoms with van der Waals surface area (Å²) in [5.74, 6) is -0.126. The number of nitrogens with zero attached hydrogens (tertiary/aromatic N) is 1. The molecular weight excluding hydrogens is 414 g/mol. The van der Waals surface area contributed by atoms with Crippen LogP contribution in [0.25, 0.3) is 6.08 Å². The van der Waals surface area contributed by atoms with Gasteiger partial charge in [-0.25, -0.2) is 9.79 Å². The average molecular weight is 433 g/mol. The highest BCUT2D eigenvalue weighted by Crippen LogP contribution is 2.23. The van der Waals surface area contributed by atoms with Crippen LogP contribution >= 0.6 is 0 Å². The summed E-state index contributed by atoms with van der Waals surface area (Å²) < 4.78 is 35.2. The Bertz CT molecular complexity index is 1290. The van der Waals surface area contributed by atoms with E-state index in [1.165, 1.54) is 24.3 Å². The molecule has 0 spiro atoms. The van der Waals surface area contributed by atoms with Crippen molar-refractivity contribution >= 4 is 28.1 Å². The smallest absolute Gasteiger partial charge is 0.363 e. The van der Waals surface area contributed by atoms with Crippen LogP contribution in [0.4, 0.5) is 0 Å². The van der Waals surface area contributed by atoms with Gasteiger partial charge in [-0.15, -0.1) is 0 Å². The molecule has 6 nitrogen and oxygen atoms in total. The molecule has 3 aromatic carbocycles. The number of aliphatic imine (C=N–C) groups is 1. The first-order chi connectivity index (χ1) is 14.8. The van der Waals surface area contributed by atoms with E-state index in [-0.39, 0.29) is 22.2 Å². The van der Waals surface area contributed by atoms with Crippen molar-refractivity contribution in [2.75, 3.05) is 0 Å². The summed E-state index contributed by atoms with van der Waals surface area (Å²) in [5, 5.41) is 0. The zero-order valence-corrected chi connectivity index (χ0v) is 17.7. The highest BCUT2D eigenvalue weighted by Gasteiger charge is 2.24. The molecule has 0 aromatic heterocycles. The van der Waals surface area contributed by atoms with Crippen molar-refractivity contribution in [2.45, 2.75) is 18.7 Å². The molecule has 0 aliphatic carbocycles. The van der Waals surface area contributed by atoms with E-state index in [2.05, 4.69) is 4.99 Å². The zero-order valence-electron chi connectivity index (χ0n) is 16.9. The summed E-state index contributed by atoms with van der Waals surface area (Å²) in [7, 11) is -3.93. The van der Waals surface area contributed by atoms with Crippen molar-refractivity contribution in [3.63, 3.8) is 0 Å². The lowest BCUT2D eigenvalue weighted by molar-refractivity contribution is -0.129. The molecule has 7 heteroatoms. The molecule has 0 unspecified atom stereocenters. The van der Waals surface area contributed by atoms with Gasteiger partial charge in [0.15, 0.2) is 5.70 Å². The minimum atomic E-state index is -3.93. The van der Waals surface area contributed by atoms with E-state index in [0.717, 1.165) is 11.1 Å². The number of cyclic esters (lactones) is 1. The van der Waals surface area contributed by atoms with Crippen LogP contribution in [0.1, 0.15) is 22.3 Å². The molecule has 1 heterocycles. The summed E-state index contributed by atoms with van der Waals surface area (Å²) in [6, 6.07) is 20.2. The molecule has 0 bridgehead atoms. The van der Waals surface area contributed by atoms with Gasteiger partial charge in [0.05, 0.1) is 0 Å². The van der Waals surface area contributed by atoms with Gasteiger partial charge in [0.25, 0.3) is 0 Å². The van der Waals surface area contributed by atoms with Gasteiger partial charge >= 0.3 is 16.1 Å². The largest absolute Gasteiger partial charge is 0.402 e. The third-order valence-corrected chi connectivity index (χ3v) is 5.88. The number of benzene rings is 3. The van der Waals surface area contributed by atoms with E-state index in [0.29, 0.717) is 11.1 Å².